The Bertz CT molecular complexity index is 207. The van der Waals surface area contributed by atoms with Gasteiger partial charge in [0.25, 0.3) is 0 Å². The van der Waals surface area contributed by atoms with Gasteiger partial charge < -0.3 is 14.8 Å². The highest BCUT2D eigenvalue weighted by Crippen LogP contribution is 2.27. The number of esters is 1. The molecular formula is C9H15NO3. The summed E-state index contributed by atoms with van der Waals surface area (Å²) in [6.07, 6.45) is 0.879. The van der Waals surface area contributed by atoms with Gasteiger partial charge in [-0.1, -0.05) is 0 Å². The Kier molecular flexibility index (Phi) is 2.26. The van der Waals surface area contributed by atoms with Gasteiger partial charge in [0.2, 0.25) is 0 Å². The molecule has 0 aromatic carbocycles. The molecule has 4 heteroatoms. The van der Waals surface area contributed by atoms with E-state index in [1.807, 2.05) is 6.92 Å². The molecule has 2 heterocycles. The molecule has 0 bridgehead atoms. The van der Waals surface area contributed by atoms with Crippen molar-refractivity contribution in [2.45, 2.75) is 19.4 Å². The van der Waals surface area contributed by atoms with Gasteiger partial charge in [-0.15, -0.1) is 0 Å². The second-order valence-electron chi connectivity index (χ2n) is 4.05. The van der Waals surface area contributed by atoms with Crippen LogP contribution >= 0.6 is 0 Å². The van der Waals surface area contributed by atoms with E-state index in [4.69, 9.17) is 9.47 Å². The molecular weight excluding hydrogens is 170 g/mol. The molecule has 0 aromatic heterocycles. The molecule has 1 atom stereocenters. The van der Waals surface area contributed by atoms with Crippen LogP contribution in [0, 0.1) is 5.41 Å². The summed E-state index contributed by atoms with van der Waals surface area (Å²) < 4.78 is 10.2. The number of carbonyl (C=O) groups is 1. The van der Waals surface area contributed by atoms with Gasteiger partial charge in [0.15, 0.2) is 0 Å². The molecule has 2 saturated heterocycles. The first-order valence-corrected chi connectivity index (χ1v) is 4.70. The van der Waals surface area contributed by atoms with E-state index in [-0.39, 0.29) is 17.5 Å². The number of carbonyl (C=O) groups excluding carboxylic acids is 1. The molecule has 1 N–H and O–H groups in total. The van der Waals surface area contributed by atoms with Crippen LogP contribution in [0.4, 0.5) is 0 Å². The first-order chi connectivity index (χ1) is 6.21. The third kappa shape index (κ3) is 1.69. The molecule has 0 amide bonds. The standard InChI is InChI=1S/C9H15NO3/c1-9(2-3-10-6-9)8(11)13-7-4-12-5-7/h7,10H,2-6H2,1H3. The van der Waals surface area contributed by atoms with E-state index in [0.29, 0.717) is 13.2 Å². The van der Waals surface area contributed by atoms with Gasteiger partial charge >= 0.3 is 5.97 Å². The van der Waals surface area contributed by atoms with Crippen LogP contribution in [0.25, 0.3) is 0 Å². The predicted octanol–water partition coefficient (Wildman–Crippen LogP) is -0.0720. The predicted molar refractivity (Wildman–Crippen MR) is 46.3 cm³/mol. The van der Waals surface area contributed by atoms with Gasteiger partial charge in [0.05, 0.1) is 18.6 Å². The number of rotatable bonds is 2. The van der Waals surface area contributed by atoms with E-state index in [1.54, 1.807) is 0 Å². The van der Waals surface area contributed by atoms with Crippen molar-refractivity contribution in [1.29, 1.82) is 0 Å². The van der Waals surface area contributed by atoms with E-state index in [1.165, 1.54) is 0 Å². The van der Waals surface area contributed by atoms with Crippen molar-refractivity contribution in [2.24, 2.45) is 5.41 Å². The lowest BCUT2D eigenvalue weighted by Gasteiger charge is -2.29. The van der Waals surface area contributed by atoms with Crippen LogP contribution in [0.5, 0.6) is 0 Å². The van der Waals surface area contributed by atoms with E-state index >= 15 is 0 Å². The smallest absolute Gasteiger partial charge is 0.313 e. The van der Waals surface area contributed by atoms with Crippen molar-refractivity contribution in [3.8, 4) is 0 Å². The van der Waals surface area contributed by atoms with Crippen LogP contribution in [0.2, 0.25) is 0 Å². The normalized spacial score (nSPS) is 34.2. The van der Waals surface area contributed by atoms with Crippen LogP contribution in [0.3, 0.4) is 0 Å². The van der Waals surface area contributed by atoms with Gasteiger partial charge in [-0.2, -0.15) is 0 Å². The minimum atomic E-state index is -0.310. The summed E-state index contributed by atoms with van der Waals surface area (Å²) in [6, 6.07) is 0. The molecule has 0 saturated carbocycles. The van der Waals surface area contributed by atoms with Crippen LogP contribution in [0.15, 0.2) is 0 Å². The minimum Gasteiger partial charge on any atom is -0.457 e. The molecule has 2 aliphatic heterocycles. The second kappa shape index (κ2) is 3.27. The van der Waals surface area contributed by atoms with Gasteiger partial charge in [-0.3, -0.25) is 4.79 Å². The maximum atomic E-state index is 11.7. The van der Waals surface area contributed by atoms with Crippen LogP contribution in [0.1, 0.15) is 13.3 Å². The number of hydrogen-bond donors (Lipinski definition) is 1. The summed E-state index contributed by atoms with van der Waals surface area (Å²) in [7, 11) is 0. The quantitative estimate of drug-likeness (QED) is 0.612. The molecule has 2 fully saturated rings. The fraction of sp³-hybridized carbons (Fsp3) is 0.889. The zero-order chi connectivity index (χ0) is 9.31. The van der Waals surface area contributed by atoms with Gasteiger partial charge in [-0.25, -0.2) is 0 Å². The molecule has 0 aromatic rings. The average Bonchev–Trinajstić information content (AvgIpc) is 2.45. The first kappa shape index (κ1) is 8.97. The molecule has 1 unspecified atom stereocenters. The zero-order valence-corrected chi connectivity index (χ0v) is 7.84. The Balaban J connectivity index is 1.87. The van der Waals surface area contributed by atoms with Gasteiger partial charge in [-0.05, 0) is 19.9 Å². The van der Waals surface area contributed by atoms with Gasteiger partial charge in [0, 0.05) is 6.54 Å². The van der Waals surface area contributed by atoms with Crippen LogP contribution in [-0.2, 0) is 14.3 Å². The molecule has 0 aliphatic carbocycles. The maximum Gasteiger partial charge on any atom is 0.313 e. The van der Waals surface area contributed by atoms with Crippen LogP contribution in [-0.4, -0.2) is 38.4 Å². The highest BCUT2D eigenvalue weighted by molar-refractivity contribution is 5.77. The summed E-state index contributed by atoms with van der Waals surface area (Å²) in [5, 5.41) is 3.17. The van der Waals surface area contributed by atoms with Gasteiger partial charge in [0.1, 0.15) is 6.10 Å². The topological polar surface area (TPSA) is 47.6 Å². The lowest BCUT2D eigenvalue weighted by atomic mass is 9.90. The first-order valence-electron chi connectivity index (χ1n) is 4.70. The Labute approximate surface area is 77.6 Å². The molecule has 2 rings (SSSR count). The Morgan fingerprint density at radius 3 is 2.85 bits per heavy atom. The zero-order valence-electron chi connectivity index (χ0n) is 7.84. The lowest BCUT2D eigenvalue weighted by Crippen LogP contribution is -2.42. The Morgan fingerprint density at radius 1 is 1.62 bits per heavy atom. The number of ether oxygens (including phenoxy) is 2. The fourth-order valence-corrected chi connectivity index (χ4v) is 1.57. The van der Waals surface area contributed by atoms with Crippen LogP contribution < -0.4 is 5.32 Å². The van der Waals surface area contributed by atoms with Crippen molar-refractivity contribution >= 4 is 5.97 Å². The summed E-state index contributed by atoms with van der Waals surface area (Å²) in [5.41, 5.74) is -0.310. The third-order valence-electron chi connectivity index (χ3n) is 2.74. The summed E-state index contributed by atoms with van der Waals surface area (Å²) in [6.45, 7) is 4.73. The number of hydrogen-bond acceptors (Lipinski definition) is 4. The summed E-state index contributed by atoms with van der Waals surface area (Å²) in [4.78, 5) is 11.7. The Hall–Kier alpha value is -0.610. The van der Waals surface area contributed by atoms with E-state index in [9.17, 15) is 4.79 Å². The largest absolute Gasteiger partial charge is 0.457 e. The van der Waals surface area contributed by atoms with E-state index in [0.717, 1.165) is 19.5 Å². The van der Waals surface area contributed by atoms with E-state index in [2.05, 4.69) is 5.32 Å². The molecule has 74 valence electrons. The molecule has 0 radical (unpaired) electrons. The molecule has 4 nitrogen and oxygen atoms in total. The minimum absolute atomic E-state index is 0.00456. The second-order valence-corrected chi connectivity index (χ2v) is 4.05. The number of nitrogens with one attached hydrogen (secondary N) is 1. The van der Waals surface area contributed by atoms with Crippen molar-refractivity contribution in [3.05, 3.63) is 0 Å². The van der Waals surface area contributed by atoms with E-state index < -0.39 is 0 Å². The highest BCUT2D eigenvalue weighted by Gasteiger charge is 2.39. The summed E-state index contributed by atoms with van der Waals surface area (Å²) >= 11 is 0. The van der Waals surface area contributed by atoms with Crippen molar-refractivity contribution in [3.63, 3.8) is 0 Å². The van der Waals surface area contributed by atoms with Crippen molar-refractivity contribution in [1.82, 2.24) is 5.32 Å². The van der Waals surface area contributed by atoms with Crippen molar-refractivity contribution in [2.75, 3.05) is 26.3 Å². The fourth-order valence-electron chi connectivity index (χ4n) is 1.57. The molecule has 2 aliphatic rings. The molecule has 0 spiro atoms. The SMILES string of the molecule is CC1(C(=O)OC2COC2)CCNC1. The summed E-state index contributed by atoms with van der Waals surface area (Å²) in [5.74, 6) is -0.0780. The maximum absolute atomic E-state index is 11.7. The highest BCUT2D eigenvalue weighted by atomic mass is 16.6. The Morgan fingerprint density at radius 2 is 2.38 bits per heavy atom. The lowest BCUT2D eigenvalue weighted by molar-refractivity contribution is -0.181. The molecule has 13 heavy (non-hydrogen) atoms. The van der Waals surface area contributed by atoms with Crippen molar-refractivity contribution < 1.29 is 14.3 Å². The average molecular weight is 185 g/mol. The monoisotopic (exact) mass is 185 g/mol. The third-order valence-corrected chi connectivity index (χ3v) is 2.74.